The average molecular weight is 153 g/mol. The summed E-state index contributed by atoms with van der Waals surface area (Å²) in [5.41, 5.74) is 0. The van der Waals surface area contributed by atoms with E-state index < -0.39 is 0 Å². The van der Waals surface area contributed by atoms with E-state index in [-0.39, 0.29) is 0 Å². The van der Waals surface area contributed by atoms with Crippen LogP contribution in [-0.2, 0) is 11.2 Å². The summed E-state index contributed by atoms with van der Waals surface area (Å²) >= 11 is 0. The van der Waals surface area contributed by atoms with Gasteiger partial charge in [0.25, 0.3) is 0 Å². The van der Waals surface area contributed by atoms with Crippen molar-refractivity contribution in [3.63, 3.8) is 0 Å². The summed E-state index contributed by atoms with van der Waals surface area (Å²) in [6.45, 7) is 0.737. The van der Waals surface area contributed by atoms with Crippen molar-refractivity contribution in [3.8, 4) is 0 Å². The Morgan fingerprint density at radius 2 is 2.36 bits per heavy atom. The Kier molecular flexibility index (Phi) is 3.76. The lowest BCUT2D eigenvalue weighted by atomic mass is 10.2. The quantitative estimate of drug-likeness (QED) is 0.606. The summed E-state index contributed by atoms with van der Waals surface area (Å²) < 4.78 is 9.84. The van der Waals surface area contributed by atoms with Gasteiger partial charge in [0.1, 0.15) is 5.76 Å². The van der Waals surface area contributed by atoms with Gasteiger partial charge in [-0.15, -0.1) is 0 Å². The zero-order valence-electron chi connectivity index (χ0n) is 6.58. The van der Waals surface area contributed by atoms with Gasteiger partial charge in [-0.05, 0) is 25.0 Å². The molecule has 0 saturated carbocycles. The summed E-state index contributed by atoms with van der Waals surface area (Å²) in [6.07, 6.45) is 4.84. The molecule has 0 aliphatic rings. The lowest BCUT2D eigenvalue weighted by molar-refractivity contribution is 0.234. The molecule has 1 aromatic rings. The van der Waals surface area contributed by atoms with Crippen LogP contribution < -0.4 is 0 Å². The van der Waals surface area contributed by atoms with Gasteiger partial charge in [-0.25, -0.2) is 0 Å². The highest BCUT2D eigenvalue weighted by molar-refractivity contribution is 4.97. The fraction of sp³-hybridized carbons (Fsp3) is 0.444. The smallest absolute Gasteiger partial charge is 0.103 e. The number of rotatable bonds is 5. The maximum Gasteiger partial charge on any atom is 0.103 e. The molecule has 0 aromatic carbocycles. The highest BCUT2D eigenvalue weighted by Gasteiger charge is 1.94. The van der Waals surface area contributed by atoms with Crippen LogP contribution in [0.4, 0.5) is 0 Å². The SMILES string of the molecule is [CH2]OCCCCc1ccco1. The Morgan fingerprint density at radius 3 is 3.00 bits per heavy atom. The number of ether oxygens (including phenoxy) is 1. The second kappa shape index (κ2) is 4.97. The molecular formula is C9H13O2. The van der Waals surface area contributed by atoms with E-state index in [2.05, 4.69) is 11.8 Å². The van der Waals surface area contributed by atoms with Crippen LogP contribution in [-0.4, -0.2) is 6.61 Å². The van der Waals surface area contributed by atoms with E-state index in [1.165, 1.54) is 0 Å². The van der Waals surface area contributed by atoms with E-state index in [1.54, 1.807) is 6.26 Å². The third-order valence-corrected chi connectivity index (χ3v) is 1.54. The van der Waals surface area contributed by atoms with E-state index in [0.717, 1.165) is 31.6 Å². The summed E-state index contributed by atoms with van der Waals surface area (Å²) in [7, 11) is 3.30. The molecule has 61 valence electrons. The van der Waals surface area contributed by atoms with Gasteiger partial charge in [0.05, 0.1) is 13.4 Å². The monoisotopic (exact) mass is 153 g/mol. The van der Waals surface area contributed by atoms with Crippen molar-refractivity contribution in [2.24, 2.45) is 0 Å². The Hall–Kier alpha value is -0.760. The molecule has 2 nitrogen and oxygen atoms in total. The molecule has 0 unspecified atom stereocenters. The van der Waals surface area contributed by atoms with Gasteiger partial charge in [-0.1, -0.05) is 0 Å². The number of hydrogen-bond acceptors (Lipinski definition) is 2. The number of aryl methyl sites for hydroxylation is 1. The fourth-order valence-electron chi connectivity index (χ4n) is 0.958. The maximum atomic E-state index is 5.16. The topological polar surface area (TPSA) is 22.4 Å². The third kappa shape index (κ3) is 3.23. The second-order valence-electron chi connectivity index (χ2n) is 2.44. The molecule has 0 bridgehead atoms. The molecule has 0 atom stereocenters. The van der Waals surface area contributed by atoms with E-state index in [9.17, 15) is 0 Å². The maximum absolute atomic E-state index is 5.16. The minimum atomic E-state index is 0.737. The van der Waals surface area contributed by atoms with Gasteiger partial charge >= 0.3 is 0 Å². The first-order chi connectivity index (χ1) is 5.43. The fourth-order valence-corrected chi connectivity index (χ4v) is 0.958. The van der Waals surface area contributed by atoms with E-state index in [0.29, 0.717) is 0 Å². The number of unbranched alkanes of at least 4 members (excludes halogenated alkanes) is 1. The minimum Gasteiger partial charge on any atom is -0.469 e. The molecule has 0 saturated heterocycles. The normalized spacial score (nSPS) is 10.3. The minimum absolute atomic E-state index is 0.737. The zero-order chi connectivity index (χ0) is 7.94. The summed E-state index contributed by atoms with van der Waals surface area (Å²) in [5.74, 6) is 1.05. The molecule has 11 heavy (non-hydrogen) atoms. The molecule has 0 fully saturated rings. The van der Waals surface area contributed by atoms with Crippen molar-refractivity contribution in [2.75, 3.05) is 6.61 Å². The van der Waals surface area contributed by atoms with Gasteiger partial charge in [0.2, 0.25) is 0 Å². The van der Waals surface area contributed by atoms with Crippen LogP contribution in [0.1, 0.15) is 18.6 Å². The molecular weight excluding hydrogens is 140 g/mol. The highest BCUT2D eigenvalue weighted by Crippen LogP contribution is 2.04. The zero-order valence-corrected chi connectivity index (χ0v) is 6.58. The van der Waals surface area contributed by atoms with Gasteiger partial charge < -0.3 is 9.15 Å². The van der Waals surface area contributed by atoms with Crippen molar-refractivity contribution in [1.82, 2.24) is 0 Å². The summed E-state index contributed by atoms with van der Waals surface area (Å²) in [5, 5.41) is 0. The van der Waals surface area contributed by atoms with Crippen molar-refractivity contribution in [1.29, 1.82) is 0 Å². The Morgan fingerprint density at radius 1 is 1.45 bits per heavy atom. The predicted octanol–water partition coefficient (Wildman–Crippen LogP) is 2.41. The first-order valence-electron chi connectivity index (χ1n) is 3.83. The predicted molar refractivity (Wildman–Crippen MR) is 43.0 cm³/mol. The summed E-state index contributed by atoms with van der Waals surface area (Å²) in [6, 6.07) is 3.90. The highest BCUT2D eigenvalue weighted by atomic mass is 16.5. The van der Waals surface area contributed by atoms with Gasteiger partial charge in [0, 0.05) is 13.0 Å². The number of hydrogen-bond donors (Lipinski definition) is 0. The average Bonchev–Trinajstić information content (AvgIpc) is 2.50. The number of furan rings is 1. The second-order valence-corrected chi connectivity index (χ2v) is 2.44. The Bertz CT molecular complexity index is 168. The molecule has 0 aliphatic heterocycles. The summed E-state index contributed by atoms with van der Waals surface area (Å²) in [4.78, 5) is 0. The van der Waals surface area contributed by atoms with Crippen molar-refractivity contribution in [3.05, 3.63) is 31.3 Å². The molecule has 1 heterocycles. The van der Waals surface area contributed by atoms with Crippen molar-refractivity contribution in [2.45, 2.75) is 19.3 Å². The molecule has 0 amide bonds. The van der Waals surface area contributed by atoms with Gasteiger partial charge in [0.15, 0.2) is 0 Å². The van der Waals surface area contributed by atoms with Crippen molar-refractivity contribution < 1.29 is 9.15 Å². The van der Waals surface area contributed by atoms with Crippen LogP contribution >= 0.6 is 0 Å². The van der Waals surface area contributed by atoms with Crippen LogP contribution in [0.25, 0.3) is 0 Å². The first kappa shape index (κ1) is 8.34. The largest absolute Gasteiger partial charge is 0.469 e. The molecule has 1 aromatic heterocycles. The van der Waals surface area contributed by atoms with Gasteiger partial charge in [-0.2, -0.15) is 0 Å². The van der Waals surface area contributed by atoms with E-state index in [4.69, 9.17) is 4.42 Å². The van der Waals surface area contributed by atoms with Crippen LogP contribution in [0.5, 0.6) is 0 Å². The van der Waals surface area contributed by atoms with Gasteiger partial charge in [-0.3, -0.25) is 0 Å². The molecule has 1 radical (unpaired) electrons. The molecule has 1 rings (SSSR count). The first-order valence-corrected chi connectivity index (χ1v) is 3.83. The Labute approximate surface area is 67.2 Å². The molecule has 0 spiro atoms. The molecule has 0 aliphatic carbocycles. The van der Waals surface area contributed by atoms with Crippen LogP contribution in [0.3, 0.4) is 0 Å². The van der Waals surface area contributed by atoms with E-state index in [1.807, 2.05) is 12.1 Å². The van der Waals surface area contributed by atoms with Crippen LogP contribution in [0.15, 0.2) is 22.8 Å². The molecule has 0 N–H and O–H groups in total. The van der Waals surface area contributed by atoms with Crippen molar-refractivity contribution >= 4 is 0 Å². The third-order valence-electron chi connectivity index (χ3n) is 1.54. The van der Waals surface area contributed by atoms with E-state index >= 15 is 0 Å². The molecule has 2 heteroatoms. The Balaban J connectivity index is 2.04. The lowest BCUT2D eigenvalue weighted by Gasteiger charge is -1.96. The van der Waals surface area contributed by atoms with Crippen LogP contribution in [0.2, 0.25) is 0 Å². The van der Waals surface area contributed by atoms with Crippen LogP contribution in [0, 0.1) is 7.11 Å². The lowest BCUT2D eigenvalue weighted by Crippen LogP contribution is -1.88. The standard InChI is InChI=1S/C9H13O2/c1-10-7-3-2-5-9-6-4-8-11-9/h4,6,8H,1-3,5,7H2.